The van der Waals surface area contributed by atoms with Crippen LogP contribution in [0.15, 0.2) is 47.4 Å². The maximum Gasteiger partial charge on any atom is 0.270 e. The summed E-state index contributed by atoms with van der Waals surface area (Å²) < 4.78 is 28.2. The van der Waals surface area contributed by atoms with Crippen LogP contribution in [-0.2, 0) is 11.0 Å². The number of hydrogen-bond acceptors (Lipinski definition) is 4. The van der Waals surface area contributed by atoms with E-state index in [1.165, 1.54) is 24.3 Å². The van der Waals surface area contributed by atoms with Gasteiger partial charge in [0.2, 0.25) is 0 Å². The molecule has 0 aromatic heterocycles. The minimum absolute atomic E-state index is 0.312. The Labute approximate surface area is 121 Å². The predicted molar refractivity (Wildman–Crippen MR) is 74.2 cm³/mol. The van der Waals surface area contributed by atoms with Crippen LogP contribution in [0, 0.1) is 27.3 Å². The maximum absolute atomic E-state index is 13.6. The van der Waals surface area contributed by atoms with Crippen LogP contribution in [0.2, 0.25) is 0 Å². The van der Waals surface area contributed by atoms with E-state index >= 15 is 0 Å². The van der Waals surface area contributed by atoms with Gasteiger partial charge in [0.25, 0.3) is 5.69 Å². The number of rotatable bonds is 4. The van der Waals surface area contributed by atoms with E-state index in [-0.39, 0.29) is 10.6 Å². The van der Waals surface area contributed by atoms with E-state index in [4.69, 9.17) is 5.26 Å². The Balaban J connectivity index is 2.25. The predicted octanol–water partition coefficient (Wildman–Crippen LogP) is 2.74. The molecule has 0 fully saturated rings. The maximum atomic E-state index is 13.6. The Morgan fingerprint density at radius 2 is 1.90 bits per heavy atom. The summed E-state index contributed by atoms with van der Waals surface area (Å²) in [5, 5.41) is 19.3. The molecule has 0 heterocycles. The molecule has 2 aromatic rings. The lowest BCUT2D eigenvalue weighted by molar-refractivity contribution is -0.385. The molecule has 0 amide bonds. The Bertz CT molecular complexity index is 756. The third kappa shape index (κ3) is 3.40. The van der Waals surface area contributed by atoms with Gasteiger partial charge < -0.3 is 4.72 Å². The summed E-state index contributed by atoms with van der Waals surface area (Å²) in [6, 6.07) is 10.8. The van der Waals surface area contributed by atoms with E-state index in [1.54, 1.807) is 0 Å². The van der Waals surface area contributed by atoms with Crippen molar-refractivity contribution in [2.75, 3.05) is 4.72 Å². The zero-order chi connectivity index (χ0) is 15.4. The molecule has 0 aliphatic heterocycles. The molecular weight excluding hydrogens is 297 g/mol. The van der Waals surface area contributed by atoms with Crippen LogP contribution in [0.4, 0.5) is 15.8 Å². The van der Waals surface area contributed by atoms with E-state index in [2.05, 4.69) is 4.72 Å². The van der Waals surface area contributed by atoms with Crippen molar-refractivity contribution in [2.24, 2.45) is 0 Å². The number of nitrogens with one attached hydrogen (secondary N) is 1. The summed E-state index contributed by atoms with van der Waals surface area (Å²) in [6.07, 6.45) is 0. The van der Waals surface area contributed by atoms with Gasteiger partial charge in [-0.1, -0.05) is 0 Å². The van der Waals surface area contributed by atoms with E-state index < -0.39 is 21.7 Å². The first-order valence-corrected chi connectivity index (χ1v) is 6.79. The Kier molecular flexibility index (Phi) is 4.25. The smallest absolute Gasteiger partial charge is 0.270 e. The first-order valence-electron chi connectivity index (χ1n) is 5.64. The van der Waals surface area contributed by atoms with Crippen LogP contribution >= 0.6 is 0 Å². The number of nitro benzene ring substituents is 1. The molecule has 0 radical (unpaired) electrons. The van der Waals surface area contributed by atoms with Crippen molar-refractivity contribution in [3.8, 4) is 6.07 Å². The van der Waals surface area contributed by atoms with Crippen LogP contribution in [0.1, 0.15) is 5.56 Å². The SMILES string of the molecule is N#Cc1ccc(NS(=O)c2cc([N+](=O)[O-])ccc2F)cc1. The van der Waals surface area contributed by atoms with Crippen molar-refractivity contribution < 1.29 is 13.5 Å². The Morgan fingerprint density at radius 1 is 1.24 bits per heavy atom. The number of nitrogens with zero attached hydrogens (tertiary/aromatic N) is 2. The Hall–Kier alpha value is -2.79. The van der Waals surface area contributed by atoms with Gasteiger partial charge in [0.05, 0.1) is 16.6 Å². The molecule has 1 unspecified atom stereocenters. The summed E-state index contributed by atoms with van der Waals surface area (Å²) in [5.41, 5.74) is 0.479. The molecule has 1 atom stereocenters. The molecule has 8 heteroatoms. The van der Waals surface area contributed by atoms with Crippen molar-refractivity contribution in [1.82, 2.24) is 0 Å². The van der Waals surface area contributed by atoms with Gasteiger partial charge in [-0.05, 0) is 30.3 Å². The van der Waals surface area contributed by atoms with Crippen molar-refractivity contribution in [2.45, 2.75) is 4.90 Å². The topological polar surface area (TPSA) is 96.0 Å². The van der Waals surface area contributed by atoms with Gasteiger partial charge in [-0.25, -0.2) is 8.60 Å². The highest BCUT2D eigenvalue weighted by Gasteiger charge is 2.16. The highest BCUT2D eigenvalue weighted by molar-refractivity contribution is 7.86. The lowest BCUT2D eigenvalue weighted by Crippen LogP contribution is -2.07. The van der Waals surface area contributed by atoms with Crippen LogP contribution in [0.3, 0.4) is 0 Å². The van der Waals surface area contributed by atoms with Gasteiger partial charge >= 0.3 is 0 Å². The molecule has 106 valence electrons. The molecule has 0 aliphatic carbocycles. The molecule has 1 N–H and O–H groups in total. The molecule has 0 saturated heterocycles. The first kappa shape index (κ1) is 14.6. The van der Waals surface area contributed by atoms with Crippen LogP contribution in [-0.4, -0.2) is 9.13 Å². The molecule has 0 bridgehead atoms. The molecule has 0 aliphatic rings. The molecule has 2 aromatic carbocycles. The van der Waals surface area contributed by atoms with Crippen LogP contribution in [0.25, 0.3) is 0 Å². The lowest BCUT2D eigenvalue weighted by Gasteiger charge is -2.07. The number of halogens is 1. The molecular formula is C13H8FN3O3S. The van der Waals surface area contributed by atoms with Crippen LogP contribution in [0.5, 0.6) is 0 Å². The number of nitro groups is 1. The molecule has 0 spiro atoms. The zero-order valence-electron chi connectivity index (χ0n) is 10.4. The number of anilines is 1. The lowest BCUT2D eigenvalue weighted by atomic mass is 10.2. The summed E-state index contributed by atoms with van der Waals surface area (Å²) in [7, 11) is -1.99. The highest BCUT2D eigenvalue weighted by atomic mass is 32.2. The van der Waals surface area contributed by atoms with E-state index in [0.717, 1.165) is 18.2 Å². The van der Waals surface area contributed by atoms with Gasteiger partial charge in [0, 0.05) is 17.8 Å². The average Bonchev–Trinajstić information content (AvgIpc) is 2.48. The standard InChI is InChI=1S/C13H8FN3O3S/c14-12-6-5-11(17(18)19)7-13(12)21(20)16-10-3-1-9(8-15)2-4-10/h1-7,16H. The van der Waals surface area contributed by atoms with E-state index in [0.29, 0.717) is 11.3 Å². The minimum Gasteiger partial charge on any atom is -0.301 e. The van der Waals surface area contributed by atoms with E-state index in [9.17, 15) is 18.7 Å². The normalized spacial score (nSPS) is 11.4. The zero-order valence-corrected chi connectivity index (χ0v) is 11.3. The number of hydrogen-bond donors (Lipinski definition) is 1. The average molecular weight is 305 g/mol. The van der Waals surface area contributed by atoms with E-state index in [1.807, 2.05) is 6.07 Å². The van der Waals surface area contributed by atoms with Gasteiger partial charge in [-0.3, -0.25) is 10.1 Å². The second kappa shape index (κ2) is 6.11. The van der Waals surface area contributed by atoms with Crippen molar-refractivity contribution in [3.63, 3.8) is 0 Å². The van der Waals surface area contributed by atoms with Crippen molar-refractivity contribution >= 4 is 22.4 Å². The van der Waals surface area contributed by atoms with Gasteiger partial charge in [-0.15, -0.1) is 0 Å². The monoisotopic (exact) mass is 305 g/mol. The minimum atomic E-state index is -1.99. The molecule has 2 rings (SSSR count). The molecule has 0 saturated carbocycles. The summed E-state index contributed by atoms with van der Waals surface area (Å²) in [6.45, 7) is 0. The third-order valence-corrected chi connectivity index (χ3v) is 3.68. The second-order valence-corrected chi connectivity index (χ2v) is 5.11. The Morgan fingerprint density at radius 3 is 2.48 bits per heavy atom. The van der Waals surface area contributed by atoms with Crippen molar-refractivity contribution in [1.29, 1.82) is 5.26 Å². The first-order chi connectivity index (χ1) is 10.0. The van der Waals surface area contributed by atoms with Gasteiger partial charge in [-0.2, -0.15) is 5.26 Å². The second-order valence-electron chi connectivity index (χ2n) is 3.93. The largest absolute Gasteiger partial charge is 0.301 e. The summed E-state index contributed by atoms with van der Waals surface area (Å²) in [5.74, 6) is -0.805. The van der Waals surface area contributed by atoms with Crippen molar-refractivity contribution in [3.05, 3.63) is 64.0 Å². The number of non-ortho nitro benzene ring substituents is 1. The van der Waals surface area contributed by atoms with Gasteiger partial charge in [0.15, 0.2) is 11.0 Å². The quantitative estimate of drug-likeness (QED) is 0.694. The summed E-state index contributed by atoms with van der Waals surface area (Å²) in [4.78, 5) is 9.64. The van der Waals surface area contributed by atoms with Crippen LogP contribution < -0.4 is 4.72 Å². The fourth-order valence-corrected chi connectivity index (χ4v) is 2.46. The molecule has 6 nitrogen and oxygen atoms in total. The fraction of sp³-hybridized carbons (Fsp3) is 0. The third-order valence-electron chi connectivity index (χ3n) is 2.55. The number of benzene rings is 2. The van der Waals surface area contributed by atoms with Gasteiger partial charge in [0.1, 0.15) is 10.7 Å². The highest BCUT2D eigenvalue weighted by Crippen LogP contribution is 2.21. The summed E-state index contributed by atoms with van der Waals surface area (Å²) >= 11 is 0. The molecule has 21 heavy (non-hydrogen) atoms. The fourth-order valence-electron chi connectivity index (χ4n) is 1.52. The number of nitriles is 1.